The van der Waals surface area contributed by atoms with Crippen LogP contribution in [0.15, 0.2) is 48.7 Å². The van der Waals surface area contributed by atoms with Gasteiger partial charge in [-0.1, -0.05) is 44.2 Å². The van der Waals surface area contributed by atoms with Crippen LogP contribution in [0.2, 0.25) is 0 Å². The Kier molecular flexibility index (Phi) is 6.25. The Morgan fingerprint density at radius 3 is 2.59 bits per heavy atom. The van der Waals surface area contributed by atoms with Crippen molar-refractivity contribution >= 4 is 11.7 Å². The van der Waals surface area contributed by atoms with E-state index in [2.05, 4.69) is 35.4 Å². The molecule has 0 aliphatic carbocycles. The highest BCUT2D eigenvalue weighted by Gasteiger charge is 2.09. The Balaban J connectivity index is 1.60. The molecule has 0 saturated heterocycles. The van der Waals surface area contributed by atoms with Gasteiger partial charge in [0.1, 0.15) is 11.8 Å². The fourth-order valence-corrected chi connectivity index (χ4v) is 2.93. The van der Waals surface area contributed by atoms with Gasteiger partial charge in [-0.3, -0.25) is 4.79 Å². The smallest absolute Gasteiger partial charge is 0.230 e. The van der Waals surface area contributed by atoms with Gasteiger partial charge >= 0.3 is 0 Å². The van der Waals surface area contributed by atoms with Crippen LogP contribution in [0.25, 0.3) is 0 Å². The number of nitrogens with one attached hydrogen (secondary N) is 1. The van der Waals surface area contributed by atoms with E-state index >= 15 is 0 Å². The van der Waals surface area contributed by atoms with Crippen LogP contribution >= 0.6 is 0 Å². The summed E-state index contributed by atoms with van der Waals surface area (Å²) in [6, 6.07) is 15.5. The highest BCUT2D eigenvalue weighted by Crippen LogP contribution is 2.19. The van der Waals surface area contributed by atoms with E-state index in [-0.39, 0.29) is 12.3 Å². The monoisotopic (exact) mass is 389 g/mol. The maximum absolute atomic E-state index is 12.3. The molecule has 0 saturated carbocycles. The molecular formula is C22H23N5O2. The molecule has 0 bridgehead atoms. The summed E-state index contributed by atoms with van der Waals surface area (Å²) in [6.45, 7) is 4.65. The van der Waals surface area contributed by atoms with Crippen LogP contribution in [-0.2, 0) is 17.8 Å². The average Bonchev–Trinajstić information content (AvgIpc) is 3.14. The van der Waals surface area contributed by atoms with E-state index in [1.165, 1.54) is 23.7 Å². The lowest BCUT2D eigenvalue weighted by molar-refractivity contribution is -0.115. The van der Waals surface area contributed by atoms with Crippen molar-refractivity contribution in [1.82, 2.24) is 15.0 Å². The number of nitriles is 1. The number of carbonyl (C=O) groups excluding carboxylic acids is 1. The van der Waals surface area contributed by atoms with Gasteiger partial charge in [-0.25, -0.2) is 0 Å². The molecule has 1 amide bonds. The van der Waals surface area contributed by atoms with Crippen molar-refractivity contribution in [3.8, 4) is 11.8 Å². The number of benzene rings is 2. The van der Waals surface area contributed by atoms with Gasteiger partial charge < -0.3 is 10.1 Å². The van der Waals surface area contributed by atoms with Crippen LogP contribution < -0.4 is 10.1 Å². The number of hydrogen-bond donors (Lipinski definition) is 1. The number of aromatic nitrogens is 3. The number of amides is 1. The molecule has 1 heterocycles. The van der Waals surface area contributed by atoms with Crippen molar-refractivity contribution in [1.29, 1.82) is 5.26 Å². The number of nitrogens with zero attached hydrogens (tertiary/aromatic N) is 4. The average molecular weight is 389 g/mol. The lowest BCUT2D eigenvalue weighted by Crippen LogP contribution is -2.15. The van der Waals surface area contributed by atoms with Gasteiger partial charge in [-0.05, 0) is 34.7 Å². The Hall–Kier alpha value is -3.66. The molecule has 0 radical (unpaired) electrons. The minimum Gasteiger partial charge on any atom is -0.495 e. The van der Waals surface area contributed by atoms with Crippen LogP contribution in [0.1, 0.15) is 42.0 Å². The maximum Gasteiger partial charge on any atom is 0.230 e. The summed E-state index contributed by atoms with van der Waals surface area (Å²) in [6.07, 6.45) is 1.78. The minimum absolute atomic E-state index is 0.148. The molecule has 7 heteroatoms. The second-order valence-electron chi connectivity index (χ2n) is 7.03. The Morgan fingerprint density at radius 2 is 1.93 bits per heavy atom. The molecular weight excluding hydrogens is 366 g/mol. The number of methoxy groups -OCH3 is 1. The van der Waals surface area contributed by atoms with Crippen molar-refractivity contribution in [2.75, 3.05) is 12.4 Å². The summed E-state index contributed by atoms with van der Waals surface area (Å²) < 4.78 is 5.15. The molecule has 0 aliphatic rings. The van der Waals surface area contributed by atoms with Crippen molar-refractivity contribution in [2.45, 2.75) is 32.7 Å². The summed E-state index contributed by atoms with van der Waals surface area (Å²) in [5, 5.41) is 20.4. The summed E-state index contributed by atoms with van der Waals surface area (Å²) in [5.74, 6) is 1.23. The molecule has 29 heavy (non-hydrogen) atoms. The standard InChI is InChI=1S/C22H23N5O2/c1-15(2)18-7-4-16(5-8-18)11-22(28)25-21-13-24-27(26-21)14-17-6-9-20(29-3)19(10-17)12-23/h4-10,13,15H,11,14H2,1-3H3,(H,25,26,28). The van der Waals surface area contributed by atoms with Crippen molar-refractivity contribution in [2.24, 2.45) is 0 Å². The number of ether oxygens (including phenoxy) is 1. The van der Waals surface area contributed by atoms with Gasteiger partial charge in [-0.15, -0.1) is 5.10 Å². The number of anilines is 1. The first kappa shape index (κ1) is 20.1. The summed E-state index contributed by atoms with van der Waals surface area (Å²) in [5.41, 5.74) is 3.51. The van der Waals surface area contributed by atoms with Crippen molar-refractivity contribution in [3.63, 3.8) is 0 Å². The molecule has 0 unspecified atom stereocenters. The number of carbonyl (C=O) groups is 1. The van der Waals surface area contributed by atoms with Crippen LogP contribution in [0.5, 0.6) is 5.75 Å². The lowest BCUT2D eigenvalue weighted by Gasteiger charge is -2.07. The minimum atomic E-state index is -0.148. The molecule has 3 rings (SSSR count). The fourth-order valence-electron chi connectivity index (χ4n) is 2.93. The second-order valence-corrected chi connectivity index (χ2v) is 7.03. The fraction of sp³-hybridized carbons (Fsp3) is 0.273. The van der Waals surface area contributed by atoms with Crippen molar-refractivity contribution in [3.05, 3.63) is 70.9 Å². The molecule has 1 N–H and O–H groups in total. The van der Waals surface area contributed by atoms with E-state index in [1.54, 1.807) is 12.1 Å². The zero-order valence-corrected chi connectivity index (χ0v) is 16.7. The summed E-state index contributed by atoms with van der Waals surface area (Å²) in [4.78, 5) is 13.8. The first-order chi connectivity index (χ1) is 14.0. The Morgan fingerprint density at radius 1 is 1.21 bits per heavy atom. The van der Waals surface area contributed by atoms with Gasteiger partial charge in [0.15, 0.2) is 5.82 Å². The SMILES string of the molecule is COc1ccc(Cn2ncc(NC(=O)Cc3ccc(C(C)C)cc3)n2)cc1C#N. The van der Waals surface area contributed by atoms with E-state index in [1.807, 2.05) is 30.3 Å². The van der Waals surface area contributed by atoms with Gasteiger partial charge in [0.2, 0.25) is 5.91 Å². The second kappa shape index (κ2) is 9.02. The quantitative estimate of drug-likeness (QED) is 0.667. The molecule has 148 valence electrons. The molecule has 3 aromatic rings. The third kappa shape index (κ3) is 5.20. The van der Waals surface area contributed by atoms with Crippen LogP contribution in [0, 0.1) is 11.3 Å². The predicted molar refractivity (Wildman–Crippen MR) is 110 cm³/mol. The van der Waals surface area contributed by atoms with E-state index in [9.17, 15) is 10.1 Å². The first-order valence-electron chi connectivity index (χ1n) is 9.34. The molecule has 0 fully saturated rings. The zero-order chi connectivity index (χ0) is 20.8. The van der Waals surface area contributed by atoms with Gasteiger partial charge in [0, 0.05) is 0 Å². The van der Waals surface area contributed by atoms with E-state index in [0.717, 1.165) is 11.1 Å². The number of rotatable bonds is 7. The van der Waals surface area contributed by atoms with Crippen molar-refractivity contribution < 1.29 is 9.53 Å². The third-order valence-electron chi connectivity index (χ3n) is 4.52. The molecule has 0 atom stereocenters. The Labute approximate surface area is 169 Å². The first-order valence-corrected chi connectivity index (χ1v) is 9.34. The zero-order valence-electron chi connectivity index (χ0n) is 16.7. The van der Waals surface area contributed by atoms with Crippen LogP contribution in [0.3, 0.4) is 0 Å². The predicted octanol–water partition coefficient (Wildman–Crippen LogP) is 3.51. The van der Waals surface area contributed by atoms with Gasteiger partial charge in [0.05, 0.1) is 31.8 Å². The topological polar surface area (TPSA) is 92.8 Å². The lowest BCUT2D eigenvalue weighted by atomic mass is 10.0. The van der Waals surface area contributed by atoms with E-state index in [4.69, 9.17) is 4.74 Å². The molecule has 7 nitrogen and oxygen atoms in total. The van der Waals surface area contributed by atoms with Crippen LogP contribution in [-0.4, -0.2) is 28.0 Å². The van der Waals surface area contributed by atoms with Gasteiger partial charge in [-0.2, -0.15) is 15.2 Å². The largest absolute Gasteiger partial charge is 0.495 e. The van der Waals surface area contributed by atoms with Crippen LogP contribution in [0.4, 0.5) is 5.82 Å². The molecule has 0 spiro atoms. The third-order valence-corrected chi connectivity index (χ3v) is 4.52. The van der Waals surface area contributed by atoms with Gasteiger partial charge in [0.25, 0.3) is 0 Å². The normalized spacial score (nSPS) is 10.6. The highest BCUT2D eigenvalue weighted by atomic mass is 16.5. The molecule has 1 aromatic heterocycles. The molecule has 2 aromatic carbocycles. The Bertz CT molecular complexity index is 1030. The summed E-state index contributed by atoms with van der Waals surface area (Å²) >= 11 is 0. The number of hydrogen-bond acceptors (Lipinski definition) is 5. The van der Waals surface area contributed by atoms with E-state index < -0.39 is 0 Å². The highest BCUT2D eigenvalue weighted by molar-refractivity contribution is 5.91. The van der Waals surface area contributed by atoms with E-state index in [0.29, 0.717) is 29.6 Å². The maximum atomic E-state index is 12.3. The molecule has 0 aliphatic heterocycles. The summed E-state index contributed by atoms with van der Waals surface area (Å²) in [7, 11) is 1.53.